The molecule has 0 unspecified atom stereocenters. The van der Waals surface area contributed by atoms with Gasteiger partial charge in [-0.2, -0.15) is 0 Å². The summed E-state index contributed by atoms with van der Waals surface area (Å²) < 4.78 is 26.6. The molecule has 1 aromatic heterocycles. The molecule has 0 radical (unpaired) electrons. The molecule has 0 atom stereocenters. The molecule has 0 spiro atoms. The minimum Gasteiger partial charge on any atom is -0.350 e. The third kappa shape index (κ3) is 2.32. The first-order chi connectivity index (χ1) is 9.13. The summed E-state index contributed by atoms with van der Waals surface area (Å²) in [5, 5.41) is 3.18. The van der Waals surface area contributed by atoms with E-state index in [9.17, 15) is 13.6 Å². The van der Waals surface area contributed by atoms with E-state index in [1.807, 2.05) is 0 Å². The predicted octanol–water partition coefficient (Wildman–Crippen LogP) is 2.98. The van der Waals surface area contributed by atoms with Gasteiger partial charge < -0.3 is 10.3 Å². The van der Waals surface area contributed by atoms with Crippen molar-refractivity contribution in [2.45, 2.75) is 19.3 Å². The number of aromatic nitrogens is 1. The summed E-state index contributed by atoms with van der Waals surface area (Å²) in [5.41, 5.74) is 0.425. The lowest BCUT2D eigenvalue weighted by Gasteiger charge is -2.25. The van der Waals surface area contributed by atoms with Gasteiger partial charge in [-0.25, -0.2) is 8.78 Å². The summed E-state index contributed by atoms with van der Waals surface area (Å²) in [6.07, 6.45) is 3.51. The molecule has 3 nitrogen and oxygen atoms in total. The molecule has 0 aliphatic heterocycles. The van der Waals surface area contributed by atoms with Crippen molar-refractivity contribution < 1.29 is 13.6 Å². The Bertz CT molecular complexity index is 632. The molecule has 0 saturated heterocycles. The van der Waals surface area contributed by atoms with Gasteiger partial charge in [-0.3, -0.25) is 4.79 Å². The average molecular weight is 264 g/mol. The number of fused-ring (bicyclic) bond motifs is 1. The fourth-order valence-electron chi connectivity index (χ4n) is 2.32. The minimum atomic E-state index is -0.687. The van der Waals surface area contributed by atoms with Gasteiger partial charge >= 0.3 is 0 Å². The first-order valence-electron chi connectivity index (χ1n) is 6.39. The van der Waals surface area contributed by atoms with Crippen LogP contribution in [0.2, 0.25) is 0 Å². The van der Waals surface area contributed by atoms with E-state index in [4.69, 9.17) is 0 Å². The first kappa shape index (κ1) is 12.1. The van der Waals surface area contributed by atoms with E-state index in [2.05, 4.69) is 10.3 Å². The fourth-order valence-corrected chi connectivity index (χ4v) is 2.32. The van der Waals surface area contributed by atoms with Gasteiger partial charge in [0.2, 0.25) is 0 Å². The van der Waals surface area contributed by atoms with Crippen molar-refractivity contribution in [2.75, 3.05) is 6.54 Å². The van der Waals surface area contributed by atoms with Crippen molar-refractivity contribution in [1.82, 2.24) is 10.3 Å². The molecule has 1 heterocycles. The van der Waals surface area contributed by atoms with Crippen molar-refractivity contribution in [1.29, 1.82) is 0 Å². The van der Waals surface area contributed by atoms with E-state index < -0.39 is 11.6 Å². The summed E-state index contributed by atoms with van der Waals surface area (Å²) >= 11 is 0. The molecule has 1 aliphatic rings. The summed E-state index contributed by atoms with van der Waals surface area (Å²) in [5.74, 6) is -1.05. The van der Waals surface area contributed by atoms with Crippen LogP contribution in [0.3, 0.4) is 0 Å². The molecular weight excluding hydrogens is 250 g/mol. The molecule has 5 heteroatoms. The number of carbonyl (C=O) groups excluding carboxylic acids is 1. The zero-order chi connectivity index (χ0) is 13.4. The van der Waals surface area contributed by atoms with Crippen LogP contribution in [0.15, 0.2) is 18.2 Å². The quantitative estimate of drug-likeness (QED) is 0.879. The maximum absolute atomic E-state index is 13.5. The van der Waals surface area contributed by atoms with E-state index >= 15 is 0 Å². The van der Waals surface area contributed by atoms with E-state index in [0.717, 1.165) is 18.9 Å². The SMILES string of the molecule is O=C(NCC1CCC1)c1cc2cc(F)cc(F)c2[nH]1. The third-order valence-corrected chi connectivity index (χ3v) is 3.67. The van der Waals surface area contributed by atoms with Crippen LogP contribution in [-0.4, -0.2) is 17.4 Å². The topological polar surface area (TPSA) is 44.9 Å². The van der Waals surface area contributed by atoms with Gasteiger partial charge in [0.05, 0.1) is 5.52 Å². The van der Waals surface area contributed by atoms with Crippen LogP contribution in [0.25, 0.3) is 10.9 Å². The average Bonchev–Trinajstić information content (AvgIpc) is 2.70. The smallest absolute Gasteiger partial charge is 0.267 e. The number of amides is 1. The van der Waals surface area contributed by atoms with E-state index in [1.165, 1.54) is 18.6 Å². The highest BCUT2D eigenvalue weighted by molar-refractivity contribution is 5.98. The number of carbonyl (C=O) groups is 1. The Kier molecular flexibility index (Phi) is 2.97. The highest BCUT2D eigenvalue weighted by atomic mass is 19.1. The highest BCUT2D eigenvalue weighted by Gasteiger charge is 2.19. The zero-order valence-corrected chi connectivity index (χ0v) is 10.3. The Hall–Kier alpha value is -1.91. The predicted molar refractivity (Wildman–Crippen MR) is 67.9 cm³/mol. The monoisotopic (exact) mass is 264 g/mol. The van der Waals surface area contributed by atoms with E-state index in [-0.39, 0.29) is 17.1 Å². The highest BCUT2D eigenvalue weighted by Crippen LogP contribution is 2.25. The standard InChI is InChI=1S/C14H14F2N2O/c15-10-4-9-5-12(18-13(9)11(16)6-10)14(19)17-7-8-2-1-3-8/h4-6,8,18H,1-3,7H2,(H,17,19). The number of nitrogens with one attached hydrogen (secondary N) is 2. The van der Waals surface area contributed by atoms with Crippen LogP contribution in [0.1, 0.15) is 29.8 Å². The Morgan fingerprint density at radius 3 is 2.79 bits per heavy atom. The van der Waals surface area contributed by atoms with Gasteiger partial charge in [-0.1, -0.05) is 6.42 Å². The maximum Gasteiger partial charge on any atom is 0.267 e. The van der Waals surface area contributed by atoms with Crippen LogP contribution in [0, 0.1) is 17.6 Å². The van der Waals surface area contributed by atoms with Crippen molar-refractivity contribution in [3.05, 3.63) is 35.5 Å². The van der Waals surface area contributed by atoms with Gasteiger partial charge in [0.15, 0.2) is 0 Å². The van der Waals surface area contributed by atoms with Crippen LogP contribution in [0.4, 0.5) is 8.78 Å². The van der Waals surface area contributed by atoms with Crippen molar-refractivity contribution >= 4 is 16.8 Å². The number of rotatable bonds is 3. The van der Waals surface area contributed by atoms with Crippen molar-refractivity contribution in [3.63, 3.8) is 0 Å². The molecule has 0 bridgehead atoms. The van der Waals surface area contributed by atoms with Crippen LogP contribution < -0.4 is 5.32 Å². The summed E-state index contributed by atoms with van der Waals surface area (Å²) in [7, 11) is 0. The van der Waals surface area contributed by atoms with Crippen molar-refractivity contribution in [3.8, 4) is 0 Å². The van der Waals surface area contributed by atoms with Gasteiger partial charge in [0.25, 0.3) is 5.91 Å². The second-order valence-corrected chi connectivity index (χ2v) is 5.04. The minimum absolute atomic E-state index is 0.162. The number of halogens is 2. The number of H-pyrrole nitrogens is 1. The van der Waals surface area contributed by atoms with Gasteiger partial charge in [-0.15, -0.1) is 0 Å². The molecule has 2 aromatic rings. The molecule has 1 amide bonds. The van der Waals surface area contributed by atoms with Gasteiger partial charge in [0, 0.05) is 18.0 Å². The maximum atomic E-state index is 13.5. The zero-order valence-electron chi connectivity index (χ0n) is 10.3. The molecule has 19 heavy (non-hydrogen) atoms. The Morgan fingerprint density at radius 2 is 2.11 bits per heavy atom. The first-order valence-corrected chi connectivity index (χ1v) is 6.39. The lowest BCUT2D eigenvalue weighted by molar-refractivity contribution is 0.0935. The second-order valence-electron chi connectivity index (χ2n) is 5.04. The van der Waals surface area contributed by atoms with Gasteiger partial charge in [-0.05, 0) is 30.9 Å². The fraction of sp³-hybridized carbons (Fsp3) is 0.357. The van der Waals surface area contributed by atoms with Crippen molar-refractivity contribution in [2.24, 2.45) is 5.92 Å². The van der Waals surface area contributed by atoms with E-state index in [1.54, 1.807) is 0 Å². The largest absolute Gasteiger partial charge is 0.350 e. The summed E-state index contributed by atoms with van der Waals surface area (Å²) in [6.45, 7) is 0.644. The summed E-state index contributed by atoms with van der Waals surface area (Å²) in [4.78, 5) is 14.6. The molecule has 2 N–H and O–H groups in total. The number of hydrogen-bond acceptors (Lipinski definition) is 1. The molecule has 1 fully saturated rings. The molecule has 1 aromatic carbocycles. The van der Waals surface area contributed by atoms with Crippen LogP contribution in [-0.2, 0) is 0 Å². The second kappa shape index (κ2) is 4.64. The van der Waals surface area contributed by atoms with Gasteiger partial charge in [0.1, 0.15) is 17.3 Å². The van der Waals surface area contributed by atoms with Crippen LogP contribution >= 0.6 is 0 Å². The molecule has 100 valence electrons. The normalized spacial score (nSPS) is 15.5. The lowest BCUT2D eigenvalue weighted by atomic mass is 9.85. The number of benzene rings is 1. The third-order valence-electron chi connectivity index (χ3n) is 3.67. The molecular formula is C14H14F2N2O. The summed E-state index contributed by atoms with van der Waals surface area (Å²) in [6, 6.07) is 3.48. The number of aromatic amines is 1. The molecule has 3 rings (SSSR count). The molecule has 1 aliphatic carbocycles. The Balaban J connectivity index is 1.80. The van der Waals surface area contributed by atoms with E-state index in [0.29, 0.717) is 17.8 Å². The Labute approximate surface area is 109 Å². The van der Waals surface area contributed by atoms with Crippen LogP contribution in [0.5, 0.6) is 0 Å². The Morgan fingerprint density at radius 1 is 1.32 bits per heavy atom. The molecule has 1 saturated carbocycles. The number of hydrogen-bond donors (Lipinski definition) is 2. The lowest BCUT2D eigenvalue weighted by Crippen LogP contribution is -2.32.